The van der Waals surface area contributed by atoms with Gasteiger partial charge in [-0.2, -0.15) is 0 Å². The molecule has 0 amide bonds. The maximum Gasteiger partial charge on any atom is 0.323 e. The van der Waals surface area contributed by atoms with Crippen LogP contribution in [0.3, 0.4) is 0 Å². The monoisotopic (exact) mass is 277 g/mol. The molecule has 1 heterocycles. The molecule has 0 radical (unpaired) electrons. The Bertz CT molecular complexity index is 444. The number of benzene rings is 1. The van der Waals surface area contributed by atoms with Crippen LogP contribution in [0.2, 0.25) is 0 Å². The number of aliphatic hydroxyl groups is 1. The zero-order valence-corrected chi connectivity index (χ0v) is 12.2. The van der Waals surface area contributed by atoms with Gasteiger partial charge in [0.05, 0.1) is 12.7 Å². The molecule has 0 aromatic heterocycles. The molecule has 1 N–H and O–H groups in total. The molecule has 1 aliphatic heterocycles. The highest BCUT2D eigenvalue weighted by atomic mass is 16.5. The quantitative estimate of drug-likeness (QED) is 0.854. The van der Waals surface area contributed by atoms with E-state index in [-0.39, 0.29) is 12.0 Å². The predicted octanol–water partition coefficient (Wildman–Crippen LogP) is 1.92. The molecule has 1 aliphatic rings. The number of hydrogen-bond donors (Lipinski definition) is 1. The van der Waals surface area contributed by atoms with E-state index in [9.17, 15) is 9.90 Å². The van der Waals surface area contributed by atoms with E-state index in [1.807, 2.05) is 35.2 Å². The van der Waals surface area contributed by atoms with E-state index in [4.69, 9.17) is 4.74 Å². The van der Waals surface area contributed by atoms with Crippen LogP contribution in [0.25, 0.3) is 0 Å². The van der Waals surface area contributed by atoms with Gasteiger partial charge in [0.25, 0.3) is 0 Å². The van der Waals surface area contributed by atoms with Crippen molar-refractivity contribution in [2.75, 3.05) is 20.2 Å². The summed E-state index contributed by atoms with van der Waals surface area (Å²) in [4.78, 5) is 13.9. The first kappa shape index (κ1) is 15.0. The topological polar surface area (TPSA) is 49.8 Å². The van der Waals surface area contributed by atoms with E-state index in [1.165, 1.54) is 7.11 Å². The molecule has 0 saturated carbocycles. The third-order valence-electron chi connectivity index (χ3n) is 3.99. The number of carbonyl (C=O) groups is 1. The van der Waals surface area contributed by atoms with E-state index < -0.39 is 5.60 Å². The molecule has 1 saturated heterocycles. The third kappa shape index (κ3) is 3.38. The molecule has 1 fully saturated rings. The Morgan fingerprint density at radius 3 is 2.75 bits per heavy atom. The van der Waals surface area contributed by atoms with Gasteiger partial charge in [-0.25, -0.2) is 0 Å². The van der Waals surface area contributed by atoms with Crippen molar-refractivity contribution in [1.82, 2.24) is 4.90 Å². The number of likely N-dealkylation sites (tertiary alicyclic amines) is 1. The molecule has 1 aromatic rings. The predicted molar refractivity (Wildman–Crippen MR) is 77.2 cm³/mol. The van der Waals surface area contributed by atoms with Crippen molar-refractivity contribution in [2.45, 2.75) is 37.8 Å². The molecule has 0 bridgehead atoms. The fourth-order valence-corrected chi connectivity index (χ4v) is 2.87. The molecule has 0 aliphatic carbocycles. The lowest BCUT2D eigenvalue weighted by Crippen LogP contribution is -2.50. The van der Waals surface area contributed by atoms with Crippen LogP contribution in [-0.4, -0.2) is 42.2 Å². The molecule has 4 nitrogen and oxygen atoms in total. The summed E-state index contributed by atoms with van der Waals surface area (Å²) in [6, 6.07) is 9.35. The Kier molecular flexibility index (Phi) is 4.78. The first-order chi connectivity index (χ1) is 9.54. The van der Waals surface area contributed by atoms with Gasteiger partial charge in [0.15, 0.2) is 0 Å². The van der Waals surface area contributed by atoms with Crippen LogP contribution in [-0.2, 0) is 15.1 Å². The number of hydrogen-bond acceptors (Lipinski definition) is 4. The third-order valence-corrected chi connectivity index (χ3v) is 3.99. The summed E-state index contributed by atoms with van der Waals surface area (Å²) in [5.41, 5.74) is -0.0978. The Morgan fingerprint density at radius 2 is 2.10 bits per heavy atom. The van der Waals surface area contributed by atoms with Crippen LogP contribution < -0.4 is 0 Å². The number of ether oxygens (including phenoxy) is 1. The molecular weight excluding hydrogens is 254 g/mol. The largest absolute Gasteiger partial charge is 0.468 e. The second-order valence-electron chi connectivity index (χ2n) is 5.65. The van der Waals surface area contributed by atoms with Gasteiger partial charge in [0, 0.05) is 6.54 Å². The maximum absolute atomic E-state index is 11.9. The van der Waals surface area contributed by atoms with Crippen LogP contribution in [0.1, 0.15) is 31.7 Å². The van der Waals surface area contributed by atoms with Crippen molar-refractivity contribution < 1.29 is 14.6 Å². The van der Waals surface area contributed by atoms with Gasteiger partial charge in [0.1, 0.15) is 6.04 Å². The standard InChI is InChI=1S/C16H23NO3/c1-16(19,13-8-4-3-5-9-13)12-17-11-7-6-10-14(17)15(18)20-2/h3-5,8-9,14,19H,6-7,10-12H2,1-2H3. The summed E-state index contributed by atoms with van der Waals surface area (Å²) in [5, 5.41) is 10.7. The van der Waals surface area contributed by atoms with Crippen molar-refractivity contribution in [3.63, 3.8) is 0 Å². The van der Waals surface area contributed by atoms with Crippen molar-refractivity contribution >= 4 is 5.97 Å². The SMILES string of the molecule is COC(=O)C1CCCCN1CC(C)(O)c1ccccc1. The lowest BCUT2D eigenvalue weighted by Gasteiger charge is -2.38. The molecule has 20 heavy (non-hydrogen) atoms. The van der Waals surface area contributed by atoms with Crippen molar-refractivity contribution in [1.29, 1.82) is 0 Å². The van der Waals surface area contributed by atoms with Gasteiger partial charge in [-0.05, 0) is 31.9 Å². The lowest BCUT2D eigenvalue weighted by molar-refractivity contribution is -0.149. The average Bonchev–Trinajstić information content (AvgIpc) is 2.47. The maximum atomic E-state index is 11.9. The van der Waals surface area contributed by atoms with Gasteiger partial charge in [-0.1, -0.05) is 36.8 Å². The van der Waals surface area contributed by atoms with Crippen LogP contribution >= 0.6 is 0 Å². The summed E-state index contributed by atoms with van der Waals surface area (Å²) >= 11 is 0. The average molecular weight is 277 g/mol. The van der Waals surface area contributed by atoms with E-state index in [0.29, 0.717) is 6.54 Å². The highest BCUT2D eigenvalue weighted by Crippen LogP contribution is 2.26. The Morgan fingerprint density at radius 1 is 1.40 bits per heavy atom. The number of carbonyl (C=O) groups excluding carboxylic acids is 1. The fourth-order valence-electron chi connectivity index (χ4n) is 2.87. The lowest BCUT2D eigenvalue weighted by atomic mass is 9.93. The van der Waals surface area contributed by atoms with Crippen LogP contribution in [0.5, 0.6) is 0 Å². The number of β-amino-alcohol motifs (C(OH)–C–C–N with tert-alkyl or cyclic N) is 1. The van der Waals surface area contributed by atoms with Gasteiger partial charge in [-0.15, -0.1) is 0 Å². The second kappa shape index (κ2) is 6.37. The molecule has 0 spiro atoms. The molecule has 110 valence electrons. The second-order valence-corrected chi connectivity index (χ2v) is 5.65. The first-order valence-electron chi connectivity index (χ1n) is 7.14. The summed E-state index contributed by atoms with van der Waals surface area (Å²) in [6.07, 6.45) is 2.89. The number of rotatable bonds is 4. The van der Waals surface area contributed by atoms with Crippen molar-refractivity contribution in [3.05, 3.63) is 35.9 Å². The zero-order valence-electron chi connectivity index (χ0n) is 12.2. The molecular formula is C16H23NO3. The Hall–Kier alpha value is -1.39. The number of esters is 1. The normalized spacial score (nSPS) is 23.1. The summed E-state index contributed by atoms with van der Waals surface area (Å²) in [5.74, 6) is -0.200. The number of piperidine rings is 1. The number of nitrogens with zero attached hydrogens (tertiary/aromatic N) is 1. The van der Waals surface area contributed by atoms with Crippen molar-refractivity contribution in [3.8, 4) is 0 Å². The molecule has 2 rings (SSSR count). The summed E-state index contributed by atoms with van der Waals surface area (Å²) in [6.45, 7) is 3.06. The molecule has 1 aromatic carbocycles. The Labute approximate surface area is 120 Å². The smallest absolute Gasteiger partial charge is 0.323 e. The van der Waals surface area contributed by atoms with Crippen molar-refractivity contribution in [2.24, 2.45) is 0 Å². The Balaban J connectivity index is 2.12. The van der Waals surface area contributed by atoms with Crippen LogP contribution in [0.15, 0.2) is 30.3 Å². The van der Waals surface area contributed by atoms with Crippen LogP contribution in [0, 0.1) is 0 Å². The first-order valence-corrected chi connectivity index (χ1v) is 7.14. The highest BCUT2D eigenvalue weighted by molar-refractivity contribution is 5.75. The van der Waals surface area contributed by atoms with Gasteiger partial charge < -0.3 is 9.84 Å². The van der Waals surface area contributed by atoms with E-state index in [2.05, 4.69) is 0 Å². The van der Waals surface area contributed by atoms with Gasteiger partial charge in [0.2, 0.25) is 0 Å². The van der Waals surface area contributed by atoms with E-state index in [1.54, 1.807) is 6.92 Å². The summed E-state index contributed by atoms with van der Waals surface area (Å²) < 4.78 is 4.88. The minimum atomic E-state index is -0.967. The molecule has 4 heteroatoms. The minimum Gasteiger partial charge on any atom is -0.468 e. The highest BCUT2D eigenvalue weighted by Gasteiger charge is 2.34. The minimum absolute atomic E-state index is 0.200. The number of methoxy groups -OCH3 is 1. The summed E-state index contributed by atoms with van der Waals surface area (Å²) in [7, 11) is 1.42. The van der Waals surface area contributed by atoms with Gasteiger partial charge >= 0.3 is 5.97 Å². The molecule has 2 atom stereocenters. The van der Waals surface area contributed by atoms with E-state index in [0.717, 1.165) is 31.4 Å². The van der Waals surface area contributed by atoms with Gasteiger partial charge in [-0.3, -0.25) is 9.69 Å². The zero-order chi connectivity index (χ0) is 14.6. The fraction of sp³-hybridized carbons (Fsp3) is 0.562. The van der Waals surface area contributed by atoms with Crippen LogP contribution in [0.4, 0.5) is 0 Å². The van der Waals surface area contributed by atoms with E-state index >= 15 is 0 Å². The molecule has 2 unspecified atom stereocenters.